The molecule has 0 saturated heterocycles. The number of benzene rings is 2. The van der Waals surface area contributed by atoms with Gasteiger partial charge in [0.05, 0.1) is 7.11 Å². The van der Waals surface area contributed by atoms with Crippen molar-refractivity contribution in [2.45, 2.75) is 6.92 Å². The Morgan fingerprint density at radius 3 is 2.44 bits per heavy atom. The number of hydrogen-bond donors (Lipinski definition) is 0. The van der Waals surface area contributed by atoms with Crippen LogP contribution in [0.5, 0.6) is 5.75 Å². The van der Waals surface area contributed by atoms with Crippen LogP contribution in [0.3, 0.4) is 0 Å². The Kier molecular flexibility index (Phi) is 3.42. The fraction of sp³-hybridized carbons (Fsp3) is 0.133. The maximum absolute atomic E-state index is 13.8. The third-order valence-corrected chi connectivity index (χ3v) is 2.77. The Bertz CT molecular complexity index is 591. The van der Waals surface area contributed by atoms with Crippen LogP contribution in [0.15, 0.2) is 42.5 Å². The van der Waals surface area contributed by atoms with Gasteiger partial charge in [-0.2, -0.15) is 0 Å². The average molecular weight is 244 g/mol. The number of carbonyl (C=O) groups excluding carboxylic acids is 1. The minimum Gasteiger partial charge on any atom is -0.496 e. The van der Waals surface area contributed by atoms with Crippen LogP contribution in [0.25, 0.3) is 11.1 Å². The van der Waals surface area contributed by atoms with E-state index in [0.29, 0.717) is 22.4 Å². The van der Waals surface area contributed by atoms with E-state index in [1.165, 1.54) is 20.1 Å². The van der Waals surface area contributed by atoms with E-state index in [2.05, 4.69) is 0 Å². The predicted octanol–water partition coefficient (Wildman–Crippen LogP) is 3.70. The summed E-state index contributed by atoms with van der Waals surface area (Å²) in [6, 6.07) is 11.4. The molecule has 3 heteroatoms. The Balaban J connectivity index is 2.64. The van der Waals surface area contributed by atoms with Crippen LogP contribution in [0.4, 0.5) is 4.39 Å². The molecule has 0 aliphatic heterocycles. The second-order valence-corrected chi connectivity index (χ2v) is 3.95. The van der Waals surface area contributed by atoms with E-state index in [0.717, 1.165) is 0 Å². The molecule has 0 amide bonds. The highest BCUT2D eigenvalue weighted by atomic mass is 19.1. The zero-order chi connectivity index (χ0) is 13.1. The van der Waals surface area contributed by atoms with Gasteiger partial charge in [0, 0.05) is 16.7 Å². The molecule has 0 spiro atoms. The predicted molar refractivity (Wildman–Crippen MR) is 68.4 cm³/mol. The largest absolute Gasteiger partial charge is 0.496 e. The Labute approximate surface area is 105 Å². The van der Waals surface area contributed by atoms with E-state index in [1.807, 2.05) is 0 Å². The maximum atomic E-state index is 13.8. The third kappa shape index (κ3) is 2.25. The van der Waals surface area contributed by atoms with Crippen molar-refractivity contribution in [2.24, 2.45) is 0 Å². The first kappa shape index (κ1) is 12.3. The Morgan fingerprint density at radius 2 is 1.83 bits per heavy atom. The molecule has 92 valence electrons. The minimum atomic E-state index is -0.337. The van der Waals surface area contributed by atoms with Gasteiger partial charge in [0.1, 0.15) is 11.6 Å². The van der Waals surface area contributed by atoms with Crippen LogP contribution in [0, 0.1) is 5.82 Å². The van der Waals surface area contributed by atoms with E-state index >= 15 is 0 Å². The summed E-state index contributed by atoms with van der Waals surface area (Å²) >= 11 is 0. The highest BCUT2D eigenvalue weighted by molar-refractivity contribution is 5.96. The molecule has 0 bridgehead atoms. The Hall–Kier alpha value is -2.16. The molecule has 0 heterocycles. The van der Waals surface area contributed by atoms with Gasteiger partial charge < -0.3 is 4.74 Å². The second kappa shape index (κ2) is 5.00. The summed E-state index contributed by atoms with van der Waals surface area (Å²) in [7, 11) is 1.52. The van der Waals surface area contributed by atoms with Crippen molar-refractivity contribution in [3.05, 3.63) is 53.8 Å². The quantitative estimate of drug-likeness (QED) is 0.769. The average Bonchev–Trinajstić information content (AvgIpc) is 2.38. The summed E-state index contributed by atoms with van der Waals surface area (Å²) in [5.74, 6) is 0.150. The van der Waals surface area contributed by atoms with Gasteiger partial charge >= 0.3 is 0 Å². The molecular formula is C15H13FO2. The molecule has 2 aromatic carbocycles. The number of Topliss-reactive ketones (excluding diaryl/α,β-unsaturated/α-hetero) is 1. The summed E-state index contributed by atoms with van der Waals surface area (Å²) in [5, 5.41) is 0. The topological polar surface area (TPSA) is 26.3 Å². The van der Waals surface area contributed by atoms with Crippen molar-refractivity contribution in [3.8, 4) is 16.9 Å². The summed E-state index contributed by atoms with van der Waals surface area (Å²) in [6.07, 6.45) is 0. The van der Waals surface area contributed by atoms with E-state index in [4.69, 9.17) is 4.74 Å². The molecule has 0 N–H and O–H groups in total. The summed E-state index contributed by atoms with van der Waals surface area (Å²) < 4.78 is 19.0. The standard InChI is InChI=1S/C15H13FO2/c1-10(17)11-7-8-15(18-2)13(9-11)12-5-3-4-6-14(12)16/h3-9H,1-2H3. The van der Waals surface area contributed by atoms with Crippen LogP contribution >= 0.6 is 0 Å². The first-order chi connectivity index (χ1) is 8.63. The van der Waals surface area contributed by atoms with Gasteiger partial charge in [-0.25, -0.2) is 4.39 Å². The van der Waals surface area contributed by atoms with Gasteiger partial charge in [-0.05, 0) is 31.2 Å². The van der Waals surface area contributed by atoms with Crippen molar-refractivity contribution < 1.29 is 13.9 Å². The molecule has 0 aromatic heterocycles. The molecule has 0 radical (unpaired) electrons. The third-order valence-electron chi connectivity index (χ3n) is 2.77. The van der Waals surface area contributed by atoms with Crippen LogP contribution in [-0.4, -0.2) is 12.9 Å². The van der Waals surface area contributed by atoms with Crippen LogP contribution in [0.2, 0.25) is 0 Å². The molecule has 0 unspecified atom stereocenters. The molecule has 0 aliphatic rings. The molecule has 0 saturated carbocycles. The summed E-state index contributed by atoms with van der Waals surface area (Å²) in [5.41, 5.74) is 1.55. The molecular weight excluding hydrogens is 231 g/mol. The number of hydrogen-bond acceptors (Lipinski definition) is 2. The van der Waals surface area contributed by atoms with E-state index in [1.54, 1.807) is 36.4 Å². The zero-order valence-electron chi connectivity index (χ0n) is 10.2. The lowest BCUT2D eigenvalue weighted by Crippen LogP contribution is -1.96. The molecule has 0 aliphatic carbocycles. The van der Waals surface area contributed by atoms with E-state index in [-0.39, 0.29) is 11.6 Å². The monoisotopic (exact) mass is 244 g/mol. The van der Waals surface area contributed by atoms with Crippen molar-refractivity contribution in [1.82, 2.24) is 0 Å². The summed E-state index contributed by atoms with van der Waals surface area (Å²) in [4.78, 5) is 11.4. The fourth-order valence-corrected chi connectivity index (χ4v) is 1.82. The minimum absolute atomic E-state index is 0.0600. The van der Waals surface area contributed by atoms with Gasteiger partial charge in [0.2, 0.25) is 0 Å². The van der Waals surface area contributed by atoms with Crippen molar-refractivity contribution >= 4 is 5.78 Å². The highest BCUT2D eigenvalue weighted by Gasteiger charge is 2.12. The van der Waals surface area contributed by atoms with Crippen LogP contribution in [0.1, 0.15) is 17.3 Å². The van der Waals surface area contributed by atoms with E-state index in [9.17, 15) is 9.18 Å². The Morgan fingerprint density at radius 1 is 1.11 bits per heavy atom. The summed E-state index contributed by atoms with van der Waals surface area (Å²) in [6.45, 7) is 1.48. The van der Waals surface area contributed by atoms with Crippen LogP contribution in [-0.2, 0) is 0 Å². The molecule has 2 nitrogen and oxygen atoms in total. The first-order valence-corrected chi connectivity index (χ1v) is 5.57. The van der Waals surface area contributed by atoms with Gasteiger partial charge in [-0.15, -0.1) is 0 Å². The lowest BCUT2D eigenvalue weighted by Gasteiger charge is -2.10. The highest BCUT2D eigenvalue weighted by Crippen LogP contribution is 2.32. The second-order valence-electron chi connectivity index (χ2n) is 3.95. The van der Waals surface area contributed by atoms with Gasteiger partial charge in [0.15, 0.2) is 5.78 Å². The van der Waals surface area contributed by atoms with Crippen molar-refractivity contribution in [3.63, 3.8) is 0 Å². The molecule has 0 fully saturated rings. The molecule has 0 atom stereocenters. The van der Waals surface area contributed by atoms with Gasteiger partial charge in [0.25, 0.3) is 0 Å². The number of halogens is 1. The number of rotatable bonds is 3. The first-order valence-electron chi connectivity index (χ1n) is 5.57. The number of ketones is 1. The van der Waals surface area contributed by atoms with Crippen molar-refractivity contribution in [2.75, 3.05) is 7.11 Å². The molecule has 2 rings (SSSR count). The smallest absolute Gasteiger partial charge is 0.159 e. The SMILES string of the molecule is COc1ccc(C(C)=O)cc1-c1ccccc1F. The maximum Gasteiger partial charge on any atom is 0.159 e. The number of carbonyl (C=O) groups is 1. The fourth-order valence-electron chi connectivity index (χ4n) is 1.82. The van der Waals surface area contributed by atoms with Gasteiger partial charge in [-0.1, -0.05) is 18.2 Å². The van der Waals surface area contributed by atoms with Gasteiger partial charge in [-0.3, -0.25) is 4.79 Å². The number of ether oxygens (including phenoxy) is 1. The normalized spacial score (nSPS) is 10.2. The lowest BCUT2D eigenvalue weighted by molar-refractivity contribution is 0.101. The van der Waals surface area contributed by atoms with Crippen molar-refractivity contribution in [1.29, 1.82) is 0 Å². The zero-order valence-corrected chi connectivity index (χ0v) is 10.2. The van der Waals surface area contributed by atoms with Crippen LogP contribution < -0.4 is 4.74 Å². The molecule has 2 aromatic rings. The van der Waals surface area contributed by atoms with E-state index < -0.39 is 0 Å². The lowest BCUT2D eigenvalue weighted by atomic mass is 10.00. The number of methoxy groups -OCH3 is 1. The molecule has 18 heavy (non-hydrogen) atoms.